The van der Waals surface area contributed by atoms with E-state index in [1.54, 1.807) is 0 Å². The second kappa shape index (κ2) is 7.45. The number of hydrogen-bond acceptors (Lipinski definition) is 2. The van der Waals surface area contributed by atoms with Crippen LogP contribution in [0.15, 0.2) is 91.0 Å². The molecule has 3 heteroatoms. The first-order valence-corrected chi connectivity index (χ1v) is 9.71. The van der Waals surface area contributed by atoms with Gasteiger partial charge in [0.05, 0.1) is 11.0 Å². The average molecular weight is 336 g/mol. The van der Waals surface area contributed by atoms with E-state index >= 15 is 0 Å². The Morgan fingerprint density at radius 2 is 1.08 bits per heavy atom. The number of hydrogen-bond donors (Lipinski definition) is 0. The molecule has 1 unspecified atom stereocenters. The Hall–Kier alpha value is -2.39. The molecule has 0 aromatic heterocycles. The summed E-state index contributed by atoms with van der Waals surface area (Å²) in [4.78, 5) is 0. The van der Waals surface area contributed by atoms with E-state index in [1.807, 2.05) is 91.0 Å². The van der Waals surface area contributed by atoms with Crippen molar-refractivity contribution in [2.24, 2.45) is 0 Å². The van der Waals surface area contributed by atoms with Crippen LogP contribution in [0.5, 0.6) is 0 Å². The van der Waals surface area contributed by atoms with Crippen molar-refractivity contribution in [3.8, 4) is 0 Å². The van der Waals surface area contributed by atoms with Crippen molar-refractivity contribution >= 4 is 9.84 Å². The van der Waals surface area contributed by atoms with Crippen molar-refractivity contribution < 1.29 is 8.42 Å². The van der Waals surface area contributed by atoms with E-state index in [0.717, 1.165) is 16.7 Å². The van der Waals surface area contributed by atoms with Crippen LogP contribution in [0, 0.1) is 0 Å². The summed E-state index contributed by atoms with van der Waals surface area (Å²) < 4.78 is 26.2. The topological polar surface area (TPSA) is 34.1 Å². The maximum absolute atomic E-state index is 13.1. The molecule has 3 rings (SSSR count). The minimum Gasteiger partial charge on any atom is -0.228 e. The highest BCUT2D eigenvalue weighted by Gasteiger charge is 2.27. The maximum Gasteiger partial charge on any atom is 0.161 e. The van der Waals surface area contributed by atoms with E-state index in [-0.39, 0.29) is 5.75 Å². The largest absolute Gasteiger partial charge is 0.228 e. The minimum atomic E-state index is -3.33. The highest BCUT2D eigenvalue weighted by atomic mass is 32.2. The lowest BCUT2D eigenvalue weighted by atomic mass is 10.0. The van der Waals surface area contributed by atoms with Crippen molar-refractivity contribution in [3.05, 3.63) is 108 Å². The van der Waals surface area contributed by atoms with Crippen LogP contribution < -0.4 is 0 Å². The molecule has 0 amide bonds. The molecule has 0 spiro atoms. The molecule has 1 atom stereocenters. The van der Waals surface area contributed by atoms with Gasteiger partial charge in [-0.15, -0.1) is 0 Å². The van der Waals surface area contributed by atoms with E-state index in [0.29, 0.717) is 6.42 Å². The summed E-state index contributed by atoms with van der Waals surface area (Å²) in [6.45, 7) is 0. The lowest BCUT2D eigenvalue weighted by molar-refractivity contribution is 0.580. The molecule has 2 nitrogen and oxygen atoms in total. The molecule has 0 radical (unpaired) electrons. The summed E-state index contributed by atoms with van der Waals surface area (Å²) in [6, 6.07) is 28.7. The molecule has 0 bridgehead atoms. The Kier molecular flexibility index (Phi) is 5.11. The van der Waals surface area contributed by atoms with Crippen LogP contribution in [0.1, 0.15) is 21.9 Å². The molecule has 0 fully saturated rings. The summed E-state index contributed by atoms with van der Waals surface area (Å²) in [5.41, 5.74) is 2.70. The van der Waals surface area contributed by atoms with Gasteiger partial charge in [0.25, 0.3) is 0 Å². The Morgan fingerprint density at radius 1 is 0.625 bits per heavy atom. The summed E-state index contributed by atoms with van der Waals surface area (Å²) in [7, 11) is -3.33. The third-order valence-electron chi connectivity index (χ3n) is 4.08. The maximum atomic E-state index is 13.1. The molecule has 0 saturated carbocycles. The van der Waals surface area contributed by atoms with Gasteiger partial charge in [-0.1, -0.05) is 91.0 Å². The van der Waals surface area contributed by atoms with Gasteiger partial charge in [-0.25, -0.2) is 8.42 Å². The van der Waals surface area contributed by atoms with Crippen LogP contribution in [-0.4, -0.2) is 8.42 Å². The Morgan fingerprint density at radius 3 is 1.62 bits per heavy atom. The number of benzene rings is 3. The van der Waals surface area contributed by atoms with E-state index in [4.69, 9.17) is 0 Å². The molecule has 122 valence electrons. The first-order valence-electron chi connectivity index (χ1n) is 7.99. The third kappa shape index (κ3) is 4.12. The fourth-order valence-electron chi connectivity index (χ4n) is 2.86. The zero-order valence-electron chi connectivity index (χ0n) is 13.4. The molecule has 3 aromatic carbocycles. The zero-order valence-corrected chi connectivity index (χ0v) is 14.2. The monoisotopic (exact) mass is 336 g/mol. The van der Waals surface area contributed by atoms with Gasteiger partial charge in [0.2, 0.25) is 0 Å². The Balaban J connectivity index is 1.94. The van der Waals surface area contributed by atoms with E-state index in [9.17, 15) is 8.42 Å². The second-order valence-electron chi connectivity index (χ2n) is 5.88. The van der Waals surface area contributed by atoms with Crippen LogP contribution in [0.25, 0.3) is 0 Å². The standard InChI is InChI=1S/C21H20O2S/c22-24(23,17-19-12-6-2-7-13-19)21(20-14-8-3-9-15-20)16-18-10-4-1-5-11-18/h1-15,21H,16-17H2. The molecule has 0 aliphatic carbocycles. The molecule has 0 aliphatic rings. The minimum absolute atomic E-state index is 0.0558. The van der Waals surface area contributed by atoms with Gasteiger partial charge in [0.15, 0.2) is 9.84 Å². The molecular formula is C21H20O2S. The first kappa shape index (κ1) is 16.5. The number of sulfone groups is 1. The van der Waals surface area contributed by atoms with Crippen molar-refractivity contribution in [2.45, 2.75) is 17.4 Å². The predicted molar refractivity (Wildman–Crippen MR) is 98.4 cm³/mol. The fourth-order valence-corrected chi connectivity index (χ4v) is 4.73. The van der Waals surface area contributed by atoms with Gasteiger partial charge in [0.1, 0.15) is 0 Å². The van der Waals surface area contributed by atoms with E-state index < -0.39 is 15.1 Å². The third-order valence-corrected chi connectivity index (χ3v) is 6.12. The van der Waals surface area contributed by atoms with Gasteiger partial charge in [-0.2, -0.15) is 0 Å². The Bertz CT molecular complexity index is 857. The Labute approximate surface area is 143 Å². The predicted octanol–water partition coefficient (Wildman–Crippen LogP) is 4.59. The fraction of sp³-hybridized carbons (Fsp3) is 0.143. The highest BCUT2D eigenvalue weighted by Crippen LogP contribution is 2.29. The summed E-state index contributed by atoms with van der Waals surface area (Å²) in [5, 5.41) is -0.540. The molecule has 0 saturated heterocycles. The quantitative estimate of drug-likeness (QED) is 0.660. The lowest BCUT2D eigenvalue weighted by Gasteiger charge is -2.18. The molecule has 0 N–H and O–H groups in total. The van der Waals surface area contributed by atoms with Gasteiger partial charge < -0.3 is 0 Å². The first-order chi connectivity index (χ1) is 11.6. The number of rotatable bonds is 6. The van der Waals surface area contributed by atoms with Gasteiger partial charge in [0, 0.05) is 0 Å². The zero-order chi connectivity index (χ0) is 16.8. The normalized spacial score (nSPS) is 12.7. The summed E-state index contributed by atoms with van der Waals surface area (Å²) in [6.07, 6.45) is 0.486. The molecule has 24 heavy (non-hydrogen) atoms. The molecule has 3 aromatic rings. The van der Waals surface area contributed by atoms with Crippen molar-refractivity contribution in [2.75, 3.05) is 0 Å². The van der Waals surface area contributed by atoms with E-state index in [2.05, 4.69) is 0 Å². The SMILES string of the molecule is O=S(=O)(Cc1ccccc1)C(Cc1ccccc1)c1ccccc1. The van der Waals surface area contributed by atoms with Gasteiger partial charge in [-0.05, 0) is 23.1 Å². The molecule has 0 aliphatic heterocycles. The van der Waals surface area contributed by atoms with Crippen LogP contribution in [0.4, 0.5) is 0 Å². The van der Waals surface area contributed by atoms with Crippen LogP contribution >= 0.6 is 0 Å². The molecular weight excluding hydrogens is 316 g/mol. The smallest absolute Gasteiger partial charge is 0.161 e. The highest BCUT2D eigenvalue weighted by molar-refractivity contribution is 7.90. The van der Waals surface area contributed by atoms with Gasteiger partial charge >= 0.3 is 0 Å². The molecule has 0 heterocycles. The van der Waals surface area contributed by atoms with Crippen LogP contribution in [-0.2, 0) is 22.0 Å². The van der Waals surface area contributed by atoms with Gasteiger partial charge in [-0.3, -0.25) is 0 Å². The second-order valence-corrected chi connectivity index (χ2v) is 8.07. The summed E-state index contributed by atoms with van der Waals surface area (Å²) >= 11 is 0. The van der Waals surface area contributed by atoms with Crippen molar-refractivity contribution in [1.29, 1.82) is 0 Å². The van der Waals surface area contributed by atoms with E-state index in [1.165, 1.54) is 0 Å². The summed E-state index contributed by atoms with van der Waals surface area (Å²) in [5.74, 6) is 0.0558. The van der Waals surface area contributed by atoms with Crippen molar-refractivity contribution in [3.63, 3.8) is 0 Å². The average Bonchev–Trinajstić information content (AvgIpc) is 2.62. The lowest BCUT2D eigenvalue weighted by Crippen LogP contribution is -2.18. The van der Waals surface area contributed by atoms with Crippen LogP contribution in [0.3, 0.4) is 0 Å². The van der Waals surface area contributed by atoms with Crippen LogP contribution in [0.2, 0.25) is 0 Å². The van der Waals surface area contributed by atoms with Crippen molar-refractivity contribution in [1.82, 2.24) is 0 Å².